The summed E-state index contributed by atoms with van der Waals surface area (Å²) < 4.78 is 7.35. The second kappa shape index (κ2) is 9.85. The summed E-state index contributed by atoms with van der Waals surface area (Å²) in [4.78, 5) is 35.2. The van der Waals surface area contributed by atoms with E-state index in [4.69, 9.17) is 21.6 Å². The summed E-state index contributed by atoms with van der Waals surface area (Å²) in [5.74, 6) is 0.128. The topological polar surface area (TPSA) is 110 Å². The normalized spacial score (nSPS) is 10.8. The number of thiazole rings is 1. The van der Waals surface area contributed by atoms with Crippen molar-refractivity contribution in [1.82, 2.24) is 14.5 Å². The molecule has 0 unspecified atom stereocenters. The number of halogens is 1. The summed E-state index contributed by atoms with van der Waals surface area (Å²) in [6.07, 6.45) is 3.11. The van der Waals surface area contributed by atoms with Gasteiger partial charge in [-0.1, -0.05) is 22.9 Å². The quantitative estimate of drug-likeness (QED) is 0.318. The van der Waals surface area contributed by atoms with Crippen LogP contribution in [0.25, 0.3) is 27.0 Å². The monoisotopic (exact) mass is 527 g/mol. The van der Waals surface area contributed by atoms with E-state index in [-0.39, 0.29) is 10.7 Å². The molecule has 0 aliphatic rings. The molecule has 0 fully saturated rings. The Hall–Kier alpha value is -4.52. The fraction of sp³-hybridized carbons (Fsp3) is 0.0741. The van der Waals surface area contributed by atoms with Crippen LogP contribution in [0.2, 0.25) is 5.02 Å². The number of carbonyl (C=O) groups is 1. The van der Waals surface area contributed by atoms with E-state index < -0.39 is 5.91 Å². The molecule has 1 amide bonds. The van der Waals surface area contributed by atoms with Gasteiger partial charge in [0.1, 0.15) is 10.4 Å². The molecular weight excluding hydrogens is 510 g/mol. The van der Waals surface area contributed by atoms with Gasteiger partial charge >= 0.3 is 0 Å². The van der Waals surface area contributed by atoms with Crippen LogP contribution < -0.4 is 15.6 Å². The SMILES string of the molecule is COc1ccc(Cl)cc1-c1cc(C)ncc1C(=O)Nc1nc2ccn(-c3ccc(C#N)cc3)c(=O)c2s1. The van der Waals surface area contributed by atoms with E-state index in [1.54, 1.807) is 67.9 Å². The van der Waals surface area contributed by atoms with Gasteiger partial charge < -0.3 is 4.74 Å². The third kappa shape index (κ3) is 4.68. The first kappa shape index (κ1) is 24.2. The standard InChI is InChI=1S/C27H18ClN5O3S/c1-15-11-19(20-12-17(28)5-8-23(20)36-2)21(14-30-15)25(34)32-27-31-22-9-10-33(26(35)24(22)37-27)18-6-3-16(13-29)4-7-18/h3-12,14H,1-2H3,(H,31,32,34). The van der Waals surface area contributed by atoms with E-state index in [2.05, 4.69) is 21.4 Å². The third-order valence-corrected chi connectivity index (χ3v) is 6.89. The number of nitriles is 1. The number of fused-ring (bicyclic) bond motifs is 1. The first-order valence-electron chi connectivity index (χ1n) is 11.0. The van der Waals surface area contributed by atoms with Crippen LogP contribution in [0.5, 0.6) is 5.75 Å². The van der Waals surface area contributed by atoms with Crippen molar-refractivity contribution in [2.75, 3.05) is 12.4 Å². The molecule has 0 radical (unpaired) electrons. The number of anilines is 1. The Labute approximate surface area is 220 Å². The number of aryl methyl sites for hydroxylation is 1. The molecule has 182 valence electrons. The van der Waals surface area contributed by atoms with E-state index in [1.165, 1.54) is 10.8 Å². The van der Waals surface area contributed by atoms with Crippen molar-refractivity contribution in [1.29, 1.82) is 5.26 Å². The van der Waals surface area contributed by atoms with Crippen LogP contribution in [-0.2, 0) is 0 Å². The molecular formula is C27H18ClN5O3S. The fourth-order valence-electron chi connectivity index (χ4n) is 3.89. The highest BCUT2D eigenvalue weighted by molar-refractivity contribution is 7.22. The van der Waals surface area contributed by atoms with Crippen LogP contribution in [0.4, 0.5) is 5.13 Å². The molecule has 2 aromatic carbocycles. The van der Waals surface area contributed by atoms with E-state index in [1.807, 2.05) is 6.92 Å². The molecule has 0 spiro atoms. The molecule has 3 heterocycles. The first-order valence-corrected chi connectivity index (χ1v) is 12.2. The maximum absolute atomic E-state index is 13.3. The number of methoxy groups -OCH3 is 1. The van der Waals surface area contributed by atoms with Gasteiger partial charge in [0.25, 0.3) is 11.5 Å². The van der Waals surface area contributed by atoms with Crippen molar-refractivity contribution in [3.63, 3.8) is 0 Å². The summed E-state index contributed by atoms with van der Waals surface area (Å²) in [7, 11) is 1.55. The zero-order chi connectivity index (χ0) is 26.1. The van der Waals surface area contributed by atoms with E-state index in [9.17, 15) is 9.59 Å². The molecule has 0 aliphatic heterocycles. The molecule has 0 saturated carbocycles. The van der Waals surface area contributed by atoms with Gasteiger partial charge in [-0.3, -0.25) is 24.5 Å². The summed E-state index contributed by atoms with van der Waals surface area (Å²) >= 11 is 7.31. The molecule has 5 aromatic rings. The van der Waals surface area contributed by atoms with Gasteiger partial charge in [-0.05, 0) is 61.5 Å². The number of rotatable bonds is 5. The fourth-order valence-corrected chi connectivity index (χ4v) is 4.95. The van der Waals surface area contributed by atoms with Gasteiger partial charge in [0.15, 0.2) is 5.13 Å². The summed E-state index contributed by atoms with van der Waals surface area (Å²) in [5.41, 5.74) is 3.60. The second-order valence-corrected chi connectivity index (χ2v) is 9.49. The predicted octanol–water partition coefficient (Wildman–Crippen LogP) is 5.60. The number of hydrogen-bond acceptors (Lipinski definition) is 7. The number of amides is 1. The minimum atomic E-state index is -0.434. The van der Waals surface area contributed by atoms with Crippen LogP contribution >= 0.6 is 22.9 Å². The van der Waals surface area contributed by atoms with Crippen molar-refractivity contribution in [3.8, 4) is 28.6 Å². The summed E-state index contributed by atoms with van der Waals surface area (Å²) in [5, 5.41) is 12.6. The average molecular weight is 528 g/mol. The highest BCUT2D eigenvalue weighted by Gasteiger charge is 2.19. The Kier molecular flexibility index (Phi) is 6.44. The zero-order valence-electron chi connectivity index (χ0n) is 19.7. The second-order valence-electron chi connectivity index (χ2n) is 8.05. The van der Waals surface area contributed by atoms with Gasteiger partial charge in [0.2, 0.25) is 0 Å². The number of carbonyl (C=O) groups excluding carboxylic acids is 1. The number of nitrogens with zero attached hydrogens (tertiary/aromatic N) is 4. The van der Waals surface area contributed by atoms with Crippen LogP contribution in [0, 0.1) is 18.3 Å². The predicted molar refractivity (Wildman–Crippen MR) is 144 cm³/mol. The number of aromatic nitrogens is 3. The lowest BCUT2D eigenvalue weighted by atomic mass is 9.99. The molecule has 0 atom stereocenters. The molecule has 0 bridgehead atoms. The van der Waals surface area contributed by atoms with E-state index >= 15 is 0 Å². The lowest BCUT2D eigenvalue weighted by Crippen LogP contribution is -2.16. The van der Waals surface area contributed by atoms with Crippen LogP contribution in [0.1, 0.15) is 21.6 Å². The number of nitrogens with one attached hydrogen (secondary N) is 1. The van der Waals surface area contributed by atoms with E-state index in [0.29, 0.717) is 48.9 Å². The highest BCUT2D eigenvalue weighted by Crippen LogP contribution is 2.35. The molecule has 10 heteroatoms. The Morgan fingerprint density at radius 1 is 1.14 bits per heavy atom. The molecule has 0 aliphatic carbocycles. The van der Waals surface area contributed by atoms with Gasteiger partial charge in [-0.25, -0.2) is 4.98 Å². The highest BCUT2D eigenvalue weighted by atomic mass is 35.5. The maximum Gasteiger partial charge on any atom is 0.274 e. The molecule has 1 N–H and O–H groups in total. The van der Waals surface area contributed by atoms with Gasteiger partial charge in [-0.2, -0.15) is 5.26 Å². The Balaban J connectivity index is 1.51. The Bertz CT molecular complexity index is 1770. The molecule has 37 heavy (non-hydrogen) atoms. The lowest BCUT2D eigenvalue weighted by molar-refractivity contribution is 0.102. The minimum Gasteiger partial charge on any atom is -0.496 e. The smallest absolute Gasteiger partial charge is 0.274 e. The number of ether oxygens (including phenoxy) is 1. The van der Waals surface area contributed by atoms with Crippen LogP contribution in [-0.4, -0.2) is 27.6 Å². The third-order valence-electron chi connectivity index (χ3n) is 5.68. The average Bonchev–Trinajstić information content (AvgIpc) is 3.32. The van der Waals surface area contributed by atoms with Gasteiger partial charge in [0.05, 0.1) is 29.8 Å². The maximum atomic E-state index is 13.3. The van der Waals surface area contributed by atoms with E-state index in [0.717, 1.165) is 17.0 Å². The van der Waals surface area contributed by atoms with Crippen LogP contribution in [0.15, 0.2) is 71.8 Å². The minimum absolute atomic E-state index is 0.276. The zero-order valence-corrected chi connectivity index (χ0v) is 21.2. The van der Waals surface area contributed by atoms with Gasteiger partial charge in [0, 0.05) is 39.9 Å². The largest absolute Gasteiger partial charge is 0.496 e. The summed E-state index contributed by atoms with van der Waals surface area (Å²) in [6, 6.07) is 17.4. The summed E-state index contributed by atoms with van der Waals surface area (Å²) in [6.45, 7) is 1.83. The van der Waals surface area contributed by atoms with Crippen molar-refractivity contribution < 1.29 is 9.53 Å². The molecule has 8 nitrogen and oxygen atoms in total. The number of benzene rings is 2. The van der Waals surface area contributed by atoms with Crippen molar-refractivity contribution in [3.05, 3.63) is 99.2 Å². The first-order chi connectivity index (χ1) is 17.9. The van der Waals surface area contributed by atoms with Crippen molar-refractivity contribution in [2.45, 2.75) is 6.92 Å². The Morgan fingerprint density at radius 3 is 2.65 bits per heavy atom. The number of pyridine rings is 2. The van der Waals surface area contributed by atoms with Gasteiger partial charge in [-0.15, -0.1) is 0 Å². The number of hydrogen-bond donors (Lipinski definition) is 1. The Morgan fingerprint density at radius 2 is 1.92 bits per heavy atom. The van der Waals surface area contributed by atoms with Crippen LogP contribution in [0.3, 0.4) is 0 Å². The molecule has 3 aromatic heterocycles. The lowest BCUT2D eigenvalue weighted by Gasteiger charge is -2.13. The van der Waals surface area contributed by atoms with Crippen molar-refractivity contribution >= 4 is 44.2 Å². The van der Waals surface area contributed by atoms with Crippen molar-refractivity contribution in [2.24, 2.45) is 0 Å². The molecule has 5 rings (SSSR count). The molecule has 0 saturated heterocycles.